The van der Waals surface area contributed by atoms with Gasteiger partial charge in [-0.15, -0.1) is 0 Å². The third-order valence-electron chi connectivity index (χ3n) is 5.86. The van der Waals surface area contributed by atoms with Gasteiger partial charge in [0.25, 0.3) is 26.1 Å². The molecule has 1 aliphatic heterocycles. The number of amides is 1. The van der Waals surface area contributed by atoms with Crippen molar-refractivity contribution in [3.8, 4) is 5.75 Å². The van der Waals surface area contributed by atoms with Gasteiger partial charge in [-0.2, -0.15) is 0 Å². The number of methoxy groups -OCH3 is 1. The number of hydrogen-bond donors (Lipinski definition) is 0. The number of halogens is 6. The molecule has 0 radical (unpaired) electrons. The highest BCUT2D eigenvalue weighted by Gasteiger charge is 2.37. The minimum absolute atomic E-state index is 0.0806. The highest BCUT2D eigenvalue weighted by atomic mass is 35.6. The fourth-order valence-corrected chi connectivity index (χ4v) is 5.85. The highest BCUT2D eigenvalue weighted by Crippen LogP contribution is 2.36. The van der Waals surface area contributed by atoms with E-state index in [1.54, 1.807) is 4.90 Å². The second kappa shape index (κ2) is 9.85. The van der Waals surface area contributed by atoms with Gasteiger partial charge >= 0.3 is 0 Å². The third kappa shape index (κ3) is 4.93. The maximum atomic E-state index is 13.7. The number of aromatic nitrogens is 1. The van der Waals surface area contributed by atoms with Gasteiger partial charge in [-0.05, 0) is 36.4 Å². The molecule has 0 unspecified atom stereocenters. The molecule has 7 nitrogen and oxygen atoms in total. The molecule has 1 aliphatic rings. The number of fused-ring (bicyclic) bond motifs is 1. The second-order valence-corrected chi connectivity index (χ2v) is 12.1. The van der Waals surface area contributed by atoms with Crippen molar-refractivity contribution < 1.29 is 31.1 Å². The number of carbonyl (C=O) groups excluding carboxylic acids is 1. The molecular formula is C22H19Cl3F3N3O4S. The Labute approximate surface area is 219 Å². The summed E-state index contributed by atoms with van der Waals surface area (Å²) in [6.07, 6.45) is -2.21. The highest BCUT2D eigenvalue weighted by molar-refractivity contribution is 7.90. The Morgan fingerprint density at radius 1 is 1.06 bits per heavy atom. The number of nitrogens with zero attached hydrogens (tertiary/aromatic N) is 3. The average molecular weight is 585 g/mol. The van der Waals surface area contributed by atoms with Crippen molar-refractivity contribution in [1.29, 1.82) is 0 Å². The molecule has 2 heterocycles. The molecule has 36 heavy (non-hydrogen) atoms. The molecule has 1 saturated heterocycles. The van der Waals surface area contributed by atoms with Gasteiger partial charge in [-0.25, -0.2) is 25.6 Å². The predicted molar refractivity (Wildman–Crippen MR) is 132 cm³/mol. The average Bonchev–Trinajstić information content (AvgIpc) is 3.22. The second-order valence-electron chi connectivity index (χ2n) is 7.96. The van der Waals surface area contributed by atoms with E-state index in [9.17, 15) is 26.4 Å². The van der Waals surface area contributed by atoms with Gasteiger partial charge in [0.05, 0.1) is 23.2 Å². The number of rotatable bonds is 5. The van der Waals surface area contributed by atoms with Crippen molar-refractivity contribution in [2.24, 2.45) is 0 Å². The van der Waals surface area contributed by atoms with E-state index in [2.05, 4.69) is 0 Å². The van der Waals surface area contributed by atoms with E-state index >= 15 is 0 Å². The fraction of sp³-hybridized carbons (Fsp3) is 0.318. The van der Waals surface area contributed by atoms with E-state index in [4.69, 9.17) is 39.5 Å². The molecule has 0 bridgehead atoms. The molecule has 1 amide bonds. The van der Waals surface area contributed by atoms with Crippen LogP contribution in [0, 0.1) is 5.82 Å². The summed E-state index contributed by atoms with van der Waals surface area (Å²) in [5.41, 5.74) is -0.268. The van der Waals surface area contributed by atoms with Crippen molar-refractivity contribution in [2.75, 3.05) is 38.2 Å². The summed E-state index contributed by atoms with van der Waals surface area (Å²) < 4.78 is 72.0. The molecular weight excluding hydrogens is 566 g/mol. The number of piperazine rings is 1. The first kappa shape index (κ1) is 26.7. The summed E-state index contributed by atoms with van der Waals surface area (Å²) in [6, 6.07) is 7.11. The van der Waals surface area contributed by atoms with Crippen molar-refractivity contribution >= 4 is 67.3 Å². The van der Waals surface area contributed by atoms with Crippen molar-refractivity contribution in [2.45, 2.75) is 15.1 Å². The Kier molecular flexibility index (Phi) is 7.31. The van der Waals surface area contributed by atoms with Crippen LogP contribution in [-0.4, -0.2) is 60.3 Å². The molecule has 1 fully saturated rings. The Hall–Kier alpha value is -2.34. The maximum Gasteiger partial charge on any atom is 0.274 e. The van der Waals surface area contributed by atoms with E-state index in [1.807, 2.05) is 0 Å². The molecule has 4 rings (SSSR count). The Morgan fingerprint density at radius 3 is 2.31 bits per heavy atom. The minimum atomic E-state index is -4.36. The van der Waals surface area contributed by atoms with Crippen molar-refractivity contribution in [3.63, 3.8) is 0 Å². The van der Waals surface area contributed by atoms with E-state index < -0.39 is 37.5 Å². The lowest BCUT2D eigenvalue weighted by Gasteiger charge is -2.37. The van der Waals surface area contributed by atoms with Crippen LogP contribution in [-0.2, 0) is 14.8 Å². The zero-order valence-electron chi connectivity index (χ0n) is 18.6. The summed E-state index contributed by atoms with van der Waals surface area (Å²) >= 11 is 17.1. The first-order chi connectivity index (χ1) is 16.8. The lowest BCUT2D eigenvalue weighted by molar-refractivity contribution is -0.130. The van der Waals surface area contributed by atoms with Crippen LogP contribution in [0.1, 0.15) is 12.0 Å². The Bertz CT molecular complexity index is 1420. The molecule has 0 N–H and O–H groups in total. The van der Waals surface area contributed by atoms with E-state index in [0.717, 1.165) is 24.4 Å². The first-order valence-corrected chi connectivity index (χ1v) is 13.1. The number of ether oxygens (including phenoxy) is 1. The smallest absolute Gasteiger partial charge is 0.274 e. The van der Waals surface area contributed by atoms with Crippen LogP contribution in [0.25, 0.3) is 10.9 Å². The summed E-state index contributed by atoms with van der Waals surface area (Å²) in [6.45, 7) is 0.984. The lowest BCUT2D eigenvalue weighted by atomic mass is 10.2. The van der Waals surface area contributed by atoms with Crippen LogP contribution in [0.2, 0.25) is 0 Å². The molecule has 0 aliphatic carbocycles. The van der Waals surface area contributed by atoms with Gasteiger partial charge in [0, 0.05) is 43.3 Å². The molecule has 1 aromatic heterocycles. The van der Waals surface area contributed by atoms with Crippen LogP contribution in [0.3, 0.4) is 0 Å². The van der Waals surface area contributed by atoms with Crippen LogP contribution >= 0.6 is 34.8 Å². The molecule has 14 heteroatoms. The zero-order chi connectivity index (χ0) is 26.4. The van der Waals surface area contributed by atoms with E-state index in [0.29, 0.717) is 15.4 Å². The Balaban J connectivity index is 1.71. The maximum absolute atomic E-state index is 13.7. The van der Waals surface area contributed by atoms with Crippen LogP contribution < -0.4 is 9.64 Å². The SMILES string of the molecule is COc1ccc(S(=O)(=O)n2cc(C(F)F)c3cc(F)ccc32)cc1N1CCN(C(=O)C(Cl)(Cl)Cl)CC1. The molecule has 0 atom stereocenters. The summed E-state index contributed by atoms with van der Waals surface area (Å²) in [5.74, 6) is -1.07. The van der Waals surface area contributed by atoms with E-state index in [-0.39, 0.29) is 42.0 Å². The standard InChI is InChI=1S/C22H19Cl3F3N3O4S/c1-35-19-5-3-14(11-18(19)29-6-8-30(9-7-29)21(32)22(23,24)25)36(33,34)31-12-16(20(27)28)15-10-13(26)2-4-17(15)31/h2-5,10-12,20H,6-9H2,1H3. The van der Waals surface area contributed by atoms with Gasteiger partial charge in [0.1, 0.15) is 11.6 Å². The lowest BCUT2D eigenvalue weighted by Crippen LogP contribution is -2.51. The molecule has 2 aromatic carbocycles. The van der Waals surface area contributed by atoms with Gasteiger partial charge in [-0.3, -0.25) is 4.79 Å². The topological polar surface area (TPSA) is 71.9 Å². The summed E-state index contributed by atoms with van der Waals surface area (Å²) in [5, 5.41) is -0.197. The quantitative estimate of drug-likeness (QED) is 0.396. The number of carbonyl (C=O) groups is 1. The van der Waals surface area contributed by atoms with Gasteiger partial charge < -0.3 is 14.5 Å². The van der Waals surface area contributed by atoms with Gasteiger partial charge in [0.2, 0.25) is 0 Å². The third-order valence-corrected chi connectivity index (χ3v) is 8.01. The minimum Gasteiger partial charge on any atom is -0.495 e. The monoisotopic (exact) mass is 583 g/mol. The van der Waals surface area contributed by atoms with Crippen LogP contribution in [0.5, 0.6) is 5.75 Å². The van der Waals surface area contributed by atoms with Gasteiger partial charge in [0.15, 0.2) is 0 Å². The van der Waals surface area contributed by atoms with Crippen molar-refractivity contribution in [1.82, 2.24) is 8.87 Å². The van der Waals surface area contributed by atoms with Crippen molar-refractivity contribution in [3.05, 3.63) is 54.0 Å². The fourth-order valence-electron chi connectivity index (χ4n) is 4.09. The zero-order valence-corrected chi connectivity index (χ0v) is 21.7. The number of benzene rings is 2. The predicted octanol–water partition coefficient (Wildman–Crippen LogP) is 4.98. The summed E-state index contributed by atoms with van der Waals surface area (Å²) in [7, 11) is -2.94. The molecule has 0 spiro atoms. The molecule has 0 saturated carbocycles. The normalized spacial score (nSPS) is 15.1. The number of hydrogen-bond acceptors (Lipinski definition) is 5. The van der Waals surface area contributed by atoms with E-state index in [1.165, 1.54) is 30.2 Å². The summed E-state index contributed by atoms with van der Waals surface area (Å²) in [4.78, 5) is 15.2. The number of alkyl halides is 5. The molecule has 194 valence electrons. The molecule has 3 aromatic rings. The first-order valence-electron chi connectivity index (χ1n) is 10.5. The van der Waals surface area contributed by atoms with Crippen LogP contribution in [0.15, 0.2) is 47.5 Å². The largest absolute Gasteiger partial charge is 0.495 e. The number of anilines is 1. The Morgan fingerprint density at radius 2 is 1.72 bits per heavy atom. The van der Waals surface area contributed by atoms with Gasteiger partial charge in [-0.1, -0.05) is 34.8 Å². The van der Waals surface area contributed by atoms with Crippen LogP contribution in [0.4, 0.5) is 18.9 Å².